The first-order chi connectivity index (χ1) is 12.5. The Morgan fingerprint density at radius 1 is 1.00 bits per heavy atom. The smallest absolute Gasteiger partial charge is 0.226 e. The Hall–Kier alpha value is -2.60. The van der Waals surface area contributed by atoms with Crippen molar-refractivity contribution in [3.8, 4) is 11.3 Å². The summed E-state index contributed by atoms with van der Waals surface area (Å²) in [5, 5.41) is 4.06. The minimum Gasteiger partial charge on any atom is -0.339 e. The summed E-state index contributed by atoms with van der Waals surface area (Å²) in [6.45, 7) is 7.48. The van der Waals surface area contributed by atoms with Gasteiger partial charge in [0.05, 0.1) is 18.8 Å². The highest BCUT2D eigenvalue weighted by molar-refractivity contribution is 5.58. The molecule has 6 heteroatoms. The number of hydrogen-bond donors (Lipinski definition) is 0. The molecule has 0 N–H and O–H groups in total. The SMILES string of the molecule is Cc1cc(-c2ccccc2)nc(CN(C)Cc2noc(CC(C)C)n2)n1. The van der Waals surface area contributed by atoms with Gasteiger partial charge in [-0.25, -0.2) is 9.97 Å². The molecule has 136 valence electrons. The standard InChI is InChI=1S/C20H25N5O/c1-14(2)10-20-23-19(24-26-20)13-25(4)12-18-21-15(3)11-17(22-18)16-8-6-5-7-9-16/h5-9,11,14H,10,12-13H2,1-4H3. The number of hydrogen-bond acceptors (Lipinski definition) is 6. The molecule has 2 aromatic heterocycles. The van der Waals surface area contributed by atoms with Crippen molar-refractivity contribution in [3.05, 3.63) is 59.6 Å². The van der Waals surface area contributed by atoms with E-state index in [0.717, 1.165) is 29.2 Å². The second-order valence-electron chi connectivity index (χ2n) is 7.05. The maximum atomic E-state index is 5.30. The molecule has 0 aliphatic heterocycles. The molecule has 3 aromatic rings. The molecule has 0 radical (unpaired) electrons. The first-order valence-electron chi connectivity index (χ1n) is 8.89. The lowest BCUT2D eigenvalue weighted by molar-refractivity contribution is 0.292. The van der Waals surface area contributed by atoms with Gasteiger partial charge >= 0.3 is 0 Å². The summed E-state index contributed by atoms with van der Waals surface area (Å²) in [5.41, 5.74) is 3.00. The molecule has 26 heavy (non-hydrogen) atoms. The fourth-order valence-corrected chi connectivity index (χ4v) is 2.78. The van der Waals surface area contributed by atoms with Crippen LogP contribution in [-0.4, -0.2) is 32.1 Å². The van der Waals surface area contributed by atoms with Crippen LogP contribution in [0.15, 0.2) is 40.9 Å². The van der Waals surface area contributed by atoms with Gasteiger partial charge in [0, 0.05) is 17.7 Å². The minimum absolute atomic E-state index is 0.498. The van der Waals surface area contributed by atoms with E-state index < -0.39 is 0 Å². The minimum atomic E-state index is 0.498. The number of rotatable bonds is 7. The van der Waals surface area contributed by atoms with Crippen molar-refractivity contribution in [2.24, 2.45) is 5.92 Å². The maximum Gasteiger partial charge on any atom is 0.226 e. The molecular weight excluding hydrogens is 326 g/mol. The Labute approximate surface area is 154 Å². The summed E-state index contributed by atoms with van der Waals surface area (Å²) < 4.78 is 5.30. The van der Waals surface area contributed by atoms with Gasteiger partial charge in [-0.3, -0.25) is 4.90 Å². The molecule has 0 fully saturated rings. The maximum absolute atomic E-state index is 5.30. The molecule has 1 aromatic carbocycles. The summed E-state index contributed by atoms with van der Waals surface area (Å²) in [7, 11) is 2.01. The van der Waals surface area contributed by atoms with Gasteiger partial charge in [0.2, 0.25) is 5.89 Å². The predicted octanol–water partition coefficient (Wildman–Crippen LogP) is 3.67. The van der Waals surface area contributed by atoms with Crippen molar-refractivity contribution in [1.29, 1.82) is 0 Å². The van der Waals surface area contributed by atoms with E-state index in [-0.39, 0.29) is 0 Å². The zero-order valence-corrected chi connectivity index (χ0v) is 15.8. The molecule has 6 nitrogen and oxygen atoms in total. The van der Waals surface area contributed by atoms with Crippen LogP contribution in [0.1, 0.15) is 37.1 Å². The van der Waals surface area contributed by atoms with E-state index in [4.69, 9.17) is 9.51 Å². The Morgan fingerprint density at radius 2 is 1.73 bits per heavy atom. The molecule has 0 amide bonds. The topological polar surface area (TPSA) is 67.9 Å². The van der Waals surface area contributed by atoms with Crippen LogP contribution in [0.5, 0.6) is 0 Å². The lowest BCUT2D eigenvalue weighted by Crippen LogP contribution is -2.20. The van der Waals surface area contributed by atoms with Gasteiger partial charge in [0.25, 0.3) is 0 Å². The summed E-state index contributed by atoms with van der Waals surface area (Å²) in [6.07, 6.45) is 0.804. The third kappa shape index (κ3) is 4.95. The number of aryl methyl sites for hydroxylation is 1. The molecule has 0 aliphatic rings. The first kappa shape index (κ1) is 18.2. The molecule has 3 rings (SSSR count). The molecular formula is C20H25N5O. The van der Waals surface area contributed by atoms with Crippen molar-refractivity contribution in [1.82, 2.24) is 25.0 Å². The van der Waals surface area contributed by atoms with Crippen molar-refractivity contribution in [2.75, 3.05) is 7.05 Å². The molecule has 0 unspecified atom stereocenters. The number of nitrogens with zero attached hydrogens (tertiary/aromatic N) is 5. The van der Waals surface area contributed by atoms with Gasteiger partial charge < -0.3 is 4.52 Å². The van der Waals surface area contributed by atoms with Gasteiger partial charge in [-0.2, -0.15) is 4.98 Å². The van der Waals surface area contributed by atoms with E-state index in [9.17, 15) is 0 Å². The molecule has 0 saturated carbocycles. The molecule has 0 spiro atoms. The highest BCUT2D eigenvalue weighted by Gasteiger charge is 2.12. The molecule has 0 saturated heterocycles. The van der Waals surface area contributed by atoms with Crippen LogP contribution in [-0.2, 0) is 19.5 Å². The normalized spacial score (nSPS) is 11.5. The van der Waals surface area contributed by atoms with E-state index in [1.807, 2.05) is 38.2 Å². The lowest BCUT2D eigenvalue weighted by Gasteiger charge is -2.14. The predicted molar refractivity (Wildman–Crippen MR) is 100 cm³/mol. The average Bonchev–Trinajstić information content (AvgIpc) is 3.01. The molecule has 0 atom stereocenters. The lowest BCUT2D eigenvalue weighted by atomic mass is 10.1. The Balaban J connectivity index is 1.68. The van der Waals surface area contributed by atoms with Crippen molar-refractivity contribution < 1.29 is 4.52 Å². The van der Waals surface area contributed by atoms with Gasteiger partial charge in [0.1, 0.15) is 5.82 Å². The van der Waals surface area contributed by atoms with Crippen LogP contribution >= 0.6 is 0 Å². The highest BCUT2D eigenvalue weighted by Crippen LogP contribution is 2.18. The second-order valence-corrected chi connectivity index (χ2v) is 7.05. The van der Waals surface area contributed by atoms with E-state index in [1.165, 1.54) is 0 Å². The zero-order chi connectivity index (χ0) is 18.5. The van der Waals surface area contributed by atoms with Crippen molar-refractivity contribution >= 4 is 0 Å². The van der Waals surface area contributed by atoms with E-state index in [0.29, 0.717) is 30.7 Å². The van der Waals surface area contributed by atoms with Crippen LogP contribution in [0.2, 0.25) is 0 Å². The Kier molecular flexibility index (Phi) is 5.73. The van der Waals surface area contributed by atoms with E-state index in [1.54, 1.807) is 0 Å². The van der Waals surface area contributed by atoms with Crippen LogP contribution in [0.3, 0.4) is 0 Å². The quantitative estimate of drug-likeness (QED) is 0.647. The number of benzene rings is 1. The largest absolute Gasteiger partial charge is 0.339 e. The molecule has 0 bridgehead atoms. The van der Waals surface area contributed by atoms with Crippen LogP contribution < -0.4 is 0 Å². The Morgan fingerprint density at radius 3 is 2.46 bits per heavy atom. The van der Waals surface area contributed by atoms with Crippen molar-refractivity contribution in [2.45, 2.75) is 40.3 Å². The van der Waals surface area contributed by atoms with E-state index in [2.05, 4.69) is 46.0 Å². The second kappa shape index (κ2) is 8.19. The average molecular weight is 351 g/mol. The van der Waals surface area contributed by atoms with Crippen LogP contribution in [0, 0.1) is 12.8 Å². The van der Waals surface area contributed by atoms with E-state index >= 15 is 0 Å². The zero-order valence-electron chi connectivity index (χ0n) is 15.8. The monoisotopic (exact) mass is 351 g/mol. The van der Waals surface area contributed by atoms with Gasteiger partial charge in [-0.1, -0.05) is 49.3 Å². The fraction of sp³-hybridized carbons (Fsp3) is 0.400. The van der Waals surface area contributed by atoms with Gasteiger partial charge in [0.15, 0.2) is 5.82 Å². The van der Waals surface area contributed by atoms with Gasteiger partial charge in [-0.15, -0.1) is 0 Å². The summed E-state index contributed by atoms with van der Waals surface area (Å²) >= 11 is 0. The fourth-order valence-electron chi connectivity index (χ4n) is 2.78. The third-order valence-corrected chi connectivity index (χ3v) is 3.89. The Bertz CT molecular complexity index is 844. The molecule has 0 aliphatic carbocycles. The molecule has 2 heterocycles. The van der Waals surface area contributed by atoms with Gasteiger partial charge in [-0.05, 0) is 26.0 Å². The summed E-state index contributed by atoms with van der Waals surface area (Å²) in [6, 6.07) is 12.2. The van der Waals surface area contributed by atoms with Crippen LogP contribution in [0.25, 0.3) is 11.3 Å². The number of aromatic nitrogens is 4. The van der Waals surface area contributed by atoms with Crippen molar-refractivity contribution in [3.63, 3.8) is 0 Å². The highest BCUT2D eigenvalue weighted by atomic mass is 16.5. The summed E-state index contributed by atoms with van der Waals surface area (Å²) in [5.74, 6) is 2.68. The third-order valence-electron chi connectivity index (χ3n) is 3.89. The summed E-state index contributed by atoms with van der Waals surface area (Å²) in [4.78, 5) is 15.8. The first-order valence-corrected chi connectivity index (χ1v) is 8.89. The van der Waals surface area contributed by atoms with Crippen LogP contribution in [0.4, 0.5) is 0 Å².